The maximum atomic E-state index is 14.2. The molecular formula is C12H13BrFN3. The largest absolute Gasteiger partial charge is 0.383 e. The minimum atomic E-state index is -0.245. The molecule has 2 N–H and O–H groups in total. The number of hydrogen-bond acceptors (Lipinski definition) is 2. The number of rotatable bonds is 1. The lowest BCUT2D eigenvalue weighted by Crippen LogP contribution is -2.00. The van der Waals surface area contributed by atoms with Crippen molar-refractivity contribution in [1.82, 2.24) is 9.78 Å². The van der Waals surface area contributed by atoms with E-state index in [1.165, 1.54) is 4.68 Å². The summed E-state index contributed by atoms with van der Waals surface area (Å²) in [7, 11) is 1.73. The lowest BCUT2D eigenvalue weighted by atomic mass is 9.99. The van der Waals surface area contributed by atoms with Crippen molar-refractivity contribution < 1.29 is 4.39 Å². The molecule has 0 amide bonds. The summed E-state index contributed by atoms with van der Waals surface area (Å²) < 4.78 is 16.6. The fourth-order valence-corrected chi connectivity index (χ4v) is 2.34. The van der Waals surface area contributed by atoms with Crippen LogP contribution in [0.1, 0.15) is 11.1 Å². The highest BCUT2D eigenvalue weighted by molar-refractivity contribution is 9.10. The van der Waals surface area contributed by atoms with Crippen LogP contribution in [0.3, 0.4) is 0 Å². The predicted molar refractivity (Wildman–Crippen MR) is 70.2 cm³/mol. The third-order valence-electron chi connectivity index (χ3n) is 2.90. The van der Waals surface area contributed by atoms with E-state index in [4.69, 9.17) is 5.73 Å². The van der Waals surface area contributed by atoms with Crippen molar-refractivity contribution in [3.8, 4) is 11.1 Å². The first-order chi connectivity index (χ1) is 7.93. The monoisotopic (exact) mass is 297 g/mol. The standard InChI is InChI=1S/C12H13BrFN3/c1-6-4-9(13)7(2)10(11(6)14)8-5-16-17(3)12(8)15/h4-5H,15H2,1-3H3. The molecule has 0 saturated heterocycles. The van der Waals surface area contributed by atoms with Gasteiger partial charge in [0.25, 0.3) is 0 Å². The van der Waals surface area contributed by atoms with E-state index in [2.05, 4.69) is 21.0 Å². The average Bonchev–Trinajstić information content (AvgIpc) is 2.59. The van der Waals surface area contributed by atoms with E-state index >= 15 is 0 Å². The summed E-state index contributed by atoms with van der Waals surface area (Å²) in [5.41, 5.74) is 8.45. The molecule has 90 valence electrons. The second-order valence-corrected chi connectivity index (χ2v) is 4.91. The lowest BCUT2D eigenvalue weighted by Gasteiger charge is -2.11. The van der Waals surface area contributed by atoms with Crippen LogP contribution < -0.4 is 5.73 Å². The van der Waals surface area contributed by atoms with Gasteiger partial charge < -0.3 is 5.73 Å². The van der Waals surface area contributed by atoms with Gasteiger partial charge in [0, 0.05) is 22.6 Å². The van der Waals surface area contributed by atoms with E-state index in [0.717, 1.165) is 10.0 Å². The van der Waals surface area contributed by atoms with Gasteiger partial charge in [-0.1, -0.05) is 15.9 Å². The van der Waals surface area contributed by atoms with Crippen LogP contribution in [-0.4, -0.2) is 9.78 Å². The van der Waals surface area contributed by atoms with Crippen LogP contribution in [0.2, 0.25) is 0 Å². The summed E-state index contributed by atoms with van der Waals surface area (Å²) in [6, 6.07) is 1.76. The van der Waals surface area contributed by atoms with Gasteiger partial charge in [-0.25, -0.2) is 4.39 Å². The highest BCUT2D eigenvalue weighted by Gasteiger charge is 2.18. The molecule has 3 nitrogen and oxygen atoms in total. The number of nitrogens with zero attached hydrogens (tertiary/aromatic N) is 2. The molecule has 2 rings (SSSR count). The van der Waals surface area contributed by atoms with E-state index in [0.29, 0.717) is 22.5 Å². The van der Waals surface area contributed by atoms with Gasteiger partial charge >= 0.3 is 0 Å². The quantitative estimate of drug-likeness (QED) is 0.878. The van der Waals surface area contributed by atoms with E-state index in [1.807, 2.05) is 6.92 Å². The van der Waals surface area contributed by atoms with Gasteiger partial charge in [-0.05, 0) is 31.0 Å². The maximum Gasteiger partial charge on any atom is 0.134 e. The zero-order chi connectivity index (χ0) is 12.7. The van der Waals surface area contributed by atoms with Crippen LogP contribution in [0.25, 0.3) is 11.1 Å². The molecule has 0 radical (unpaired) electrons. The van der Waals surface area contributed by atoms with Gasteiger partial charge in [-0.2, -0.15) is 5.10 Å². The second kappa shape index (κ2) is 4.14. The second-order valence-electron chi connectivity index (χ2n) is 4.06. The van der Waals surface area contributed by atoms with Crippen LogP contribution in [0.4, 0.5) is 10.2 Å². The average molecular weight is 298 g/mol. The number of anilines is 1. The van der Waals surface area contributed by atoms with E-state index < -0.39 is 0 Å². The minimum Gasteiger partial charge on any atom is -0.383 e. The molecule has 17 heavy (non-hydrogen) atoms. The fraction of sp³-hybridized carbons (Fsp3) is 0.250. The van der Waals surface area contributed by atoms with Crippen molar-refractivity contribution in [2.24, 2.45) is 7.05 Å². The van der Waals surface area contributed by atoms with Gasteiger partial charge in [0.1, 0.15) is 11.6 Å². The van der Waals surface area contributed by atoms with Crippen LogP contribution in [0.15, 0.2) is 16.7 Å². The van der Waals surface area contributed by atoms with Crippen molar-refractivity contribution in [1.29, 1.82) is 0 Å². The lowest BCUT2D eigenvalue weighted by molar-refractivity contribution is 0.620. The molecule has 0 spiro atoms. The Hall–Kier alpha value is -1.36. The summed E-state index contributed by atoms with van der Waals surface area (Å²) in [4.78, 5) is 0. The van der Waals surface area contributed by atoms with E-state index in [1.54, 1.807) is 26.2 Å². The molecule has 1 aromatic carbocycles. The Balaban J connectivity index is 2.79. The number of benzene rings is 1. The van der Waals surface area contributed by atoms with Crippen LogP contribution >= 0.6 is 15.9 Å². The van der Waals surface area contributed by atoms with Gasteiger partial charge in [-0.15, -0.1) is 0 Å². The fourth-order valence-electron chi connectivity index (χ4n) is 1.80. The maximum absolute atomic E-state index is 14.2. The number of nitrogens with two attached hydrogens (primary N) is 1. The van der Waals surface area contributed by atoms with Crippen LogP contribution in [0.5, 0.6) is 0 Å². The molecule has 1 heterocycles. The minimum absolute atomic E-state index is 0.245. The smallest absolute Gasteiger partial charge is 0.134 e. The van der Waals surface area contributed by atoms with Crippen molar-refractivity contribution in [2.75, 3.05) is 5.73 Å². The molecule has 0 unspecified atom stereocenters. The molecular weight excluding hydrogens is 285 g/mol. The first-order valence-electron chi connectivity index (χ1n) is 5.16. The zero-order valence-corrected chi connectivity index (χ0v) is 11.5. The molecule has 0 saturated carbocycles. The molecule has 0 bridgehead atoms. The van der Waals surface area contributed by atoms with Crippen LogP contribution in [0, 0.1) is 19.7 Å². The highest BCUT2D eigenvalue weighted by Crippen LogP contribution is 2.35. The number of nitrogen functional groups attached to an aromatic ring is 1. The summed E-state index contributed by atoms with van der Waals surface area (Å²) in [6.07, 6.45) is 1.59. The highest BCUT2D eigenvalue weighted by atomic mass is 79.9. The summed E-state index contributed by atoms with van der Waals surface area (Å²) in [6.45, 7) is 3.59. The van der Waals surface area contributed by atoms with Crippen molar-refractivity contribution in [3.63, 3.8) is 0 Å². The van der Waals surface area contributed by atoms with Gasteiger partial charge in [0.05, 0.1) is 6.20 Å². The molecule has 0 atom stereocenters. The molecule has 0 aliphatic heterocycles. The third kappa shape index (κ3) is 1.84. The number of aromatic nitrogens is 2. The zero-order valence-electron chi connectivity index (χ0n) is 9.88. The van der Waals surface area contributed by atoms with Crippen molar-refractivity contribution in [2.45, 2.75) is 13.8 Å². The molecule has 1 aromatic heterocycles. The first kappa shape index (κ1) is 12.1. The van der Waals surface area contributed by atoms with E-state index in [9.17, 15) is 4.39 Å². The molecule has 0 fully saturated rings. The Labute approximate surface area is 108 Å². The Bertz CT molecular complexity index is 564. The van der Waals surface area contributed by atoms with Crippen molar-refractivity contribution >= 4 is 21.7 Å². The van der Waals surface area contributed by atoms with Gasteiger partial charge in [-0.3, -0.25) is 4.68 Å². The molecule has 0 aliphatic carbocycles. The Morgan fingerprint density at radius 1 is 1.41 bits per heavy atom. The molecule has 0 aliphatic rings. The predicted octanol–water partition coefficient (Wildman–Crippen LogP) is 3.19. The van der Waals surface area contributed by atoms with Crippen molar-refractivity contribution in [3.05, 3.63) is 33.7 Å². The normalized spacial score (nSPS) is 10.9. The Morgan fingerprint density at radius 2 is 2.06 bits per heavy atom. The van der Waals surface area contributed by atoms with Crippen LogP contribution in [-0.2, 0) is 7.05 Å². The van der Waals surface area contributed by atoms with E-state index in [-0.39, 0.29) is 5.82 Å². The topological polar surface area (TPSA) is 43.8 Å². The molecule has 2 aromatic rings. The number of halogens is 2. The summed E-state index contributed by atoms with van der Waals surface area (Å²) >= 11 is 3.43. The summed E-state index contributed by atoms with van der Waals surface area (Å²) in [5.74, 6) is 0.218. The Kier molecular flexibility index (Phi) is 2.95. The first-order valence-corrected chi connectivity index (χ1v) is 5.95. The van der Waals surface area contributed by atoms with Gasteiger partial charge in [0.15, 0.2) is 0 Å². The number of aryl methyl sites for hydroxylation is 2. The number of hydrogen-bond donors (Lipinski definition) is 1. The third-order valence-corrected chi connectivity index (χ3v) is 3.72. The Morgan fingerprint density at radius 3 is 2.59 bits per heavy atom. The summed E-state index contributed by atoms with van der Waals surface area (Å²) in [5, 5.41) is 4.04. The van der Waals surface area contributed by atoms with Gasteiger partial charge in [0.2, 0.25) is 0 Å². The molecule has 5 heteroatoms. The SMILES string of the molecule is Cc1cc(Br)c(C)c(-c2cnn(C)c2N)c1F.